The molecule has 0 aromatic rings. The predicted molar refractivity (Wildman–Crippen MR) is 83.6 cm³/mol. The van der Waals surface area contributed by atoms with Crippen LogP contribution in [0.25, 0.3) is 0 Å². The van der Waals surface area contributed by atoms with E-state index in [1.807, 2.05) is 0 Å². The minimum atomic E-state index is 0.00713. The molecule has 112 valence electrons. The van der Waals surface area contributed by atoms with Crippen LogP contribution in [0.2, 0.25) is 0 Å². The summed E-state index contributed by atoms with van der Waals surface area (Å²) in [6.45, 7) is 7.96. The van der Waals surface area contributed by atoms with Gasteiger partial charge in [-0.2, -0.15) is 0 Å². The van der Waals surface area contributed by atoms with Crippen LogP contribution < -0.4 is 0 Å². The second-order valence-corrected chi connectivity index (χ2v) is 6.11. The average molecular weight is 276 g/mol. The Bertz CT molecular complexity index is 427. The highest BCUT2D eigenvalue weighted by molar-refractivity contribution is 6.22. The van der Waals surface area contributed by atoms with Crippen molar-refractivity contribution in [1.82, 2.24) is 0 Å². The molecule has 0 amide bonds. The molecular weight excluding hydrogens is 248 g/mol. The van der Waals surface area contributed by atoms with Gasteiger partial charge in [0.15, 0.2) is 11.6 Å². The van der Waals surface area contributed by atoms with Crippen LogP contribution in [0, 0.1) is 5.92 Å². The summed E-state index contributed by atoms with van der Waals surface area (Å²) in [5, 5.41) is 0. The van der Waals surface area contributed by atoms with Crippen LogP contribution in [0.3, 0.4) is 0 Å². The fourth-order valence-corrected chi connectivity index (χ4v) is 2.58. The van der Waals surface area contributed by atoms with E-state index in [0.29, 0.717) is 22.6 Å². The van der Waals surface area contributed by atoms with Gasteiger partial charge in [-0.05, 0) is 38.7 Å². The average Bonchev–Trinajstić information content (AvgIpc) is 2.43. The van der Waals surface area contributed by atoms with Crippen molar-refractivity contribution in [2.24, 2.45) is 5.92 Å². The lowest BCUT2D eigenvalue weighted by Gasteiger charge is -2.16. The van der Waals surface area contributed by atoms with E-state index in [1.54, 1.807) is 19.9 Å². The maximum Gasteiger partial charge on any atom is 0.185 e. The number of rotatable bonds is 8. The second-order valence-electron chi connectivity index (χ2n) is 6.11. The molecule has 1 atom stereocenters. The zero-order chi connectivity index (χ0) is 15.1. The Morgan fingerprint density at radius 3 is 2.35 bits per heavy atom. The van der Waals surface area contributed by atoms with Gasteiger partial charge >= 0.3 is 0 Å². The standard InChI is InChI=1S/C18H28O2/c1-5-6-7-8-9-13(2)10-11-16-12-17(19)14(3)15(4)18(16)20/h12-13H,5-11H2,1-4H3. The molecule has 0 aliphatic heterocycles. The first-order chi connectivity index (χ1) is 9.47. The van der Waals surface area contributed by atoms with E-state index in [2.05, 4.69) is 13.8 Å². The molecule has 2 nitrogen and oxygen atoms in total. The fourth-order valence-electron chi connectivity index (χ4n) is 2.58. The Hall–Kier alpha value is -1.18. The number of unbranched alkanes of at least 4 members (excludes halogenated alkanes) is 3. The van der Waals surface area contributed by atoms with E-state index in [4.69, 9.17) is 0 Å². The van der Waals surface area contributed by atoms with Crippen molar-refractivity contribution in [3.05, 3.63) is 22.8 Å². The zero-order valence-corrected chi connectivity index (χ0v) is 13.4. The molecular formula is C18H28O2. The molecule has 1 aliphatic rings. The van der Waals surface area contributed by atoms with Gasteiger partial charge < -0.3 is 0 Å². The first-order valence-electron chi connectivity index (χ1n) is 7.94. The second kappa shape index (κ2) is 8.18. The highest BCUT2D eigenvalue weighted by Crippen LogP contribution is 2.24. The summed E-state index contributed by atoms with van der Waals surface area (Å²) in [6, 6.07) is 0. The summed E-state index contributed by atoms with van der Waals surface area (Å²) in [4.78, 5) is 23.9. The van der Waals surface area contributed by atoms with Crippen molar-refractivity contribution in [3.8, 4) is 0 Å². The number of carbonyl (C=O) groups excluding carboxylic acids is 2. The summed E-state index contributed by atoms with van der Waals surface area (Å²) < 4.78 is 0. The third-order valence-electron chi connectivity index (χ3n) is 4.33. The maximum absolute atomic E-state index is 12.1. The Balaban J connectivity index is 2.40. The minimum absolute atomic E-state index is 0.00713. The van der Waals surface area contributed by atoms with Crippen molar-refractivity contribution in [1.29, 1.82) is 0 Å². The minimum Gasteiger partial charge on any atom is -0.290 e. The summed E-state index contributed by atoms with van der Waals surface area (Å²) in [5.74, 6) is 0.705. The third kappa shape index (κ3) is 4.73. The molecule has 0 fully saturated rings. The molecule has 1 aliphatic carbocycles. The van der Waals surface area contributed by atoms with E-state index >= 15 is 0 Å². The number of carbonyl (C=O) groups is 2. The fraction of sp³-hybridized carbons (Fsp3) is 0.667. The molecule has 0 bridgehead atoms. The van der Waals surface area contributed by atoms with Crippen LogP contribution in [0.5, 0.6) is 0 Å². The van der Waals surface area contributed by atoms with Gasteiger partial charge in [0, 0.05) is 16.7 Å². The topological polar surface area (TPSA) is 34.1 Å². The molecule has 0 saturated heterocycles. The van der Waals surface area contributed by atoms with Crippen LogP contribution in [-0.2, 0) is 9.59 Å². The van der Waals surface area contributed by atoms with Gasteiger partial charge in [-0.3, -0.25) is 9.59 Å². The van der Waals surface area contributed by atoms with Crippen LogP contribution in [0.4, 0.5) is 0 Å². The lowest BCUT2D eigenvalue weighted by atomic mass is 9.87. The molecule has 0 N–H and O–H groups in total. The van der Waals surface area contributed by atoms with Gasteiger partial charge in [-0.1, -0.05) is 46.0 Å². The van der Waals surface area contributed by atoms with Gasteiger partial charge in [0.1, 0.15) is 0 Å². The quantitative estimate of drug-likeness (QED) is 0.472. The molecule has 0 radical (unpaired) electrons. The van der Waals surface area contributed by atoms with Gasteiger partial charge in [-0.25, -0.2) is 0 Å². The van der Waals surface area contributed by atoms with Crippen molar-refractivity contribution >= 4 is 11.6 Å². The summed E-state index contributed by atoms with van der Waals surface area (Å²) in [6.07, 6.45) is 9.68. The van der Waals surface area contributed by atoms with Crippen molar-refractivity contribution in [2.75, 3.05) is 0 Å². The molecule has 0 aromatic heterocycles. The third-order valence-corrected chi connectivity index (χ3v) is 4.33. The molecule has 0 spiro atoms. The molecule has 0 heterocycles. The summed E-state index contributed by atoms with van der Waals surface area (Å²) in [5.41, 5.74) is 1.94. The van der Waals surface area contributed by atoms with E-state index in [1.165, 1.54) is 32.1 Å². The van der Waals surface area contributed by atoms with E-state index in [9.17, 15) is 9.59 Å². The van der Waals surface area contributed by atoms with Crippen molar-refractivity contribution < 1.29 is 9.59 Å². The Kier molecular flexibility index (Phi) is 6.90. The lowest BCUT2D eigenvalue weighted by molar-refractivity contribution is -0.116. The van der Waals surface area contributed by atoms with E-state index in [-0.39, 0.29) is 11.6 Å². The molecule has 2 heteroatoms. The number of hydrogen-bond donors (Lipinski definition) is 0. The molecule has 0 aromatic carbocycles. The van der Waals surface area contributed by atoms with Gasteiger partial charge in [-0.15, -0.1) is 0 Å². The van der Waals surface area contributed by atoms with Crippen molar-refractivity contribution in [3.63, 3.8) is 0 Å². The number of ketones is 2. The van der Waals surface area contributed by atoms with Crippen LogP contribution in [0.15, 0.2) is 22.8 Å². The number of hydrogen-bond acceptors (Lipinski definition) is 2. The Morgan fingerprint density at radius 2 is 1.70 bits per heavy atom. The molecule has 1 rings (SSSR count). The Morgan fingerprint density at radius 1 is 1.00 bits per heavy atom. The number of Topliss-reactive ketones (excluding diaryl/α,β-unsaturated/α-hetero) is 1. The first kappa shape index (κ1) is 16.9. The normalized spacial score (nSPS) is 17.5. The first-order valence-corrected chi connectivity index (χ1v) is 7.94. The molecule has 0 saturated carbocycles. The van der Waals surface area contributed by atoms with Crippen LogP contribution >= 0.6 is 0 Å². The van der Waals surface area contributed by atoms with E-state index < -0.39 is 0 Å². The summed E-state index contributed by atoms with van der Waals surface area (Å²) >= 11 is 0. The highest BCUT2D eigenvalue weighted by Gasteiger charge is 2.22. The Labute approximate surface area is 123 Å². The summed E-state index contributed by atoms with van der Waals surface area (Å²) in [7, 11) is 0. The monoisotopic (exact) mass is 276 g/mol. The van der Waals surface area contributed by atoms with Crippen LogP contribution in [0.1, 0.15) is 72.6 Å². The SMILES string of the molecule is CCCCCCC(C)CCC1=CC(=O)C(C)=C(C)C1=O. The zero-order valence-electron chi connectivity index (χ0n) is 13.4. The van der Waals surface area contributed by atoms with E-state index in [0.717, 1.165) is 12.8 Å². The predicted octanol–water partition coefficient (Wildman–Crippen LogP) is 4.79. The lowest BCUT2D eigenvalue weighted by Crippen LogP contribution is -2.17. The van der Waals surface area contributed by atoms with Gasteiger partial charge in [0.2, 0.25) is 0 Å². The molecule has 20 heavy (non-hydrogen) atoms. The van der Waals surface area contributed by atoms with Gasteiger partial charge in [0.25, 0.3) is 0 Å². The smallest absolute Gasteiger partial charge is 0.185 e. The van der Waals surface area contributed by atoms with Crippen molar-refractivity contribution in [2.45, 2.75) is 72.6 Å². The van der Waals surface area contributed by atoms with Crippen LogP contribution in [-0.4, -0.2) is 11.6 Å². The largest absolute Gasteiger partial charge is 0.290 e. The number of allylic oxidation sites excluding steroid dienone is 4. The maximum atomic E-state index is 12.1. The highest BCUT2D eigenvalue weighted by atomic mass is 16.1. The molecule has 1 unspecified atom stereocenters. The van der Waals surface area contributed by atoms with Gasteiger partial charge in [0.05, 0.1) is 0 Å².